The van der Waals surface area contributed by atoms with Gasteiger partial charge in [-0.1, -0.05) is 12.1 Å². The Labute approximate surface area is 169 Å². The molecule has 3 aromatic heterocycles. The van der Waals surface area contributed by atoms with Crippen molar-refractivity contribution < 1.29 is 17.9 Å². The molecule has 30 heavy (non-hydrogen) atoms. The third-order valence-electron chi connectivity index (χ3n) is 4.19. The molecular weight excluding hydrogens is 397 g/mol. The fourth-order valence-corrected chi connectivity index (χ4v) is 2.82. The van der Waals surface area contributed by atoms with Crippen molar-refractivity contribution in [1.82, 2.24) is 24.9 Å². The monoisotopic (exact) mass is 412 g/mol. The predicted octanol–water partition coefficient (Wildman–Crippen LogP) is 4.28. The number of nitrogens with zero attached hydrogens (tertiary/aromatic N) is 5. The normalized spacial score (nSPS) is 11.4. The van der Waals surface area contributed by atoms with E-state index >= 15 is 0 Å². The van der Waals surface area contributed by atoms with Crippen LogP contribution in [-0.4, -0.2) is 31.5 Å². The zero-order valence-corrected chi connectivity index (χ0v) is 15.5. The summed E-state index contributed by atoms with van der Waals surface area (Å²) in [4.78, 5) is 20.1. The number of anilines is 1. The molecule has 0 fully saturated rings. The highest BCUT2D eigenvalue weighted by Gasteiger charge is 2.34. The van der Waals surface area contributed by atoms with Crippen molar-refractivity contribution in [3.8, 4) is 11.5 Å². The summed E-state index contributed by atoms with van der Waals surface area (Å²) in [5.74, 6) is 0.577. The lowest BCUT2D eigenvalue weighted by molar-refractivity contribution is -0.138. The third kappa shape index (κ3) is 4.43. The Morgan fingerprint density at radius 1 is 0.967 bits per heavy atom. The van der Waals surface area contributed by atoms with Crippen LogP contribution in [-0.2, 0) is 12.6 Å². The fourth-order valence-electron chi connectivity index (χ4n) is 2.82. The molecule has 4 rings (SSSR count). The number of hydrogen-bond donors (Lipinski definition) is 1. The van der Waals surface area contributed by atoms with Crippen LogP contribution in [0.2, 0.25) is 0 Å². The minimum absolute atomic E-state index is 0.293. The number of halogens is 3. The van der Waals surface area contributed by atoms with E-state index in [4.69, 9.17) is 4.74 Å². The Kier molecular flexibility index (Phi) is 5.38. The van der Waals surface area contributed by atoms with E-state index < -0.39 is 11.7 Å². The molecule has 1 N–H and O–H groups in total. The van der Waals surface area contributed by atoms with Crippen LogP contribution in [0.3, 0.4) is 0 Å². The van der Waals surface area contributed by atoms with E-state index in [0.717, 1.165) is 11.8 Å². The first-order chi connectivity index (χ1) is 14.5. The maximum absolute atomic E-state index is 13.1. The molecule has 1 aromatic carbocycles. The Balaban J connectivity index is 1.44. The Morgan fingerprint density at radius 2 is 1.83 bits per heavy atom. The highest BCUT2D eigenvalue weighted by Crippen LogP contribution is 2.37. The molecule has 0 saturated carbocycles. The van der Waals surface area contributed by atoms with Crippen molar-refractivity contribution in [2.75, 3.05) is 11.9 Å². The van der Waals surface area contributed by atoms with Crippen molar-refractivity contribution in [3.63, 3.8) is 0 Å². The lowest BCUT2D eigenvalue weighted by Gasteiger charge is -2.13. The largest absolute Gasteiger partial charge is 0.457 e. The number of pyridine rings is 1. The molecule has 0 amide bonds. The molecule has 10 heteroatoms. The van der Waals surface area contributed by atoms with E-state index in [-0.39, 0.29) is 5.75 Å². The highest BCUT2D eigenvalue weighted by atomic mass is 19.4. The van der Waals surface area contributed by atoms with Gasteiger partial charge in [0.2, 0.25) is 0 Å². The summed E-state index contributed by atoms with van der Waals surface area (Å²) < 4.78 is 44.8. The summed E-state index contributed by atoms with van der Waals surface area (Å²) in [6.07, 6.45) is 2.56. The van der Waals surface area contributed by atoms with E-state index in [1.807, 2.05) is 6.07 Å². The van der Waals surface area contributed by atoms with Gasteiger partial charge in [0.15, 0.2) is 11.5 Å². The molecule has 4 aromatic rings. The van der Waals surface area contributed by atoms with E-state index in [1.54, 1.807) is 30.6 Å². The number of alkyl halides is 3. The zero-order chi connectivity index (χ0) is 21.0. The fraction of sp³-hybridized carbons (Fsp3) is 0.150. The van der Waals surface area contributed by atoms with Gasteiger partial charge in [-0.2, -0.15) is 13.2 Å². The molecule has 0 aliphatic heterocycles. The van der Waals surface area contributed by atoms with Crippen LogP contribution in [0.1, 0.15) is 11.1 Å². The first-order valence-corrected chi connectivity index (χ1v) is 8.94. The van der Waals surface area contributed by atoms with Gasteiger partial charge in [-0.25, -0.2) is 19.9 Å². The predicted molar refractivity (Wildman–Crippen MR) is 103 cm³/mol. The van der Waals surface area contributed by atoms with Crippen LogP contribution in [0.4, 0.5) is 19.0 Å². The highest BCUT2D eigenvalue weighted by molar-refractivity contribution is 5.81. The molecule has 0 atom stereocenters. The molecule has 0 unspecified atom stereocenters. The summed E-state index contributed by atoms with van der Waals surface area (Å²) in [6, 6.07) is 8.08. The smallest absolute Gasteiger partial charge is 0.421 e. The van der Waals surface area contributed by atoms with Crippen molar-refractivity contribution >= 4 is 17.0 Å². The topological polar surface area (TPSA) is 85.7 Å². The maximum atomic E-state index is 13.1. The number of hydrogen-bond acceptors (Lipinski definition) is 7. The summed E-state index contributed by atoms with van der Waals surface area (Å²) in [5, 5.41) is 3.18. The lowest BCUT2D eigenvalue weighted by Crippen LogP contribution is -2.08. The van der Waals surface area contributed by atoms with E-state index in [9.17, 15) is 13.2 Å². The summed E-state index contributed by atoms with van der Waals surface area (Å²) in [6.45, 7) is 0.523. The standard InChI is InChI=1S/C20H15F3N6O/c21-20(22,23)15-11-24-6-5-16(15)30-14-3-1-2-13(10-14)4-7-26-18-17-19(29-12-28-18)27-9-8-25-17/h1-3,5-6,8-12H,4,7H2,(H,26,27,28,29). The van der Waals surface area contributed by atoms with E-state index in [1.165, 1.54) is 18.6 Å². The van der Waals surface area contributed by atoms with Gasteiger partial charge < -0.3 is 10.1 Å². The SMILES string of the molecule is FC(F)(F)c1cnccc1Oc1cccc(CCNc2ncnc3nccnc23)c1. The maximum Gasteiger partial charge on any atom is 0.421 e. The van der Waals surface area contributed by atoms with Crippen LogP contribution in [0.25, 0.3) is 11.2 Å². The Morgan fingerprint density at radius 3 is 2.70 bits per heavy atom. The van der Waals surface area contributed by atoms with Gasteiger partial charge in [0.05, 0.1) is 0 Å². The first kappa shape index (κ1) is 19.5. The molecule has 0 bridgehead atoms. The van der Waals surface area contributed by atoms with Crippen molar-refractivity contribution in [2.45, 2.75) is 12.6 Å². The van der Waals surface area contributed by atoms with Gasteiger partial charge >= 0.3 is 6.18 Å². The lowest BCUT2D eigenvalue weighted by atomic mass is 10.1. The average molecular weight is 412 g/mol. The molecule has 0 aliphatic rings. The van der Waals surface area contributed by atoms with Crippen LogP contribution in [0.5, 0.6) is 11.5 Å². The first-order valence-electron chi connectivity index (χ1n) is 8.94. The Bertz CT molecular complexity index is 1160. The van der Waals surface area contributed by atoms with Crippen molar-refractivity contribution in [2.24, 2.45) is 0 Å². The number of nitrogens with one attached hydrogen (secondary N) is 1. The number of rotatable bonds is 6. The van der Waals surface area contributed by atoms with Crippen LogP contribution in [0, 0.1) is 0 Å². The number of ether oxygens (including phenoxy) is 1. The molecular formula is C20H15F3N6O. The second kappa shape index (κ2) is 8.27. The molecule has 0 radical (unpaired) electrons. The average Bonchev–Trinajstić information content (AvgIpc) is 2.74. The van der Waals surface area contributed by atoms with Gasteiger partial charge in [-0.05, 0) is 30.2 Å². The molecule has 152 valence electrons. The van der Waals surface area contributed by atoms with E-state index in [0.29, 0.717) is 35.7 Å². The van der Waals surface area contributed by atoms with Gasteiger partial charge in [-0.3, -0.25) is 4.98 Å². The number of fused-ring (bicyclic) bond motifs is 1. The van der Waals surface area contributed by atoms with Crippen LogP contribution < -0.4 is 10.1 Å². The van der Waals surface area contributed by atoms with Gasteiger partial charge in [0.1, 0.15) is 28.9 Å². The molecule has 0 aliphatic carbocycles. The number of aromatic nitrogens is 5. The molecule has 0 spiro atoms. The molecule has 0 saturated heterocycles. The summed E-state index contributed by atoms with van der Waals surface area (Å²) in [5.41, 5.74) is 1.01. The van der Waals surface area contributed by atoms with Gasteiger partial charge in [-0.15, -0.1) is 0 Å². The van der Waals surface area contributed by atoms with Gasteiger partial charge in [0.25, 0.3) is 0 Å². The second-order valence-electron chi connectivity index (χ2n) is 6.25. The van der Waals surface area contributed by atoms with Crippen molar-refractivity contribution in [1.29, 1.82) is 0 Å². The third-order valence-corrected chi connectivity index (χ3v) is 4.19. The zero-order valence-electron chi connectivity index (χ0n) is 15.5. The minimum atomic E-state index is -4.55. The molecule has 3 heterocycles. The number of benzene rings is 1. The van der Waals surface area contributed by atoms with Crippen LogP contribution >= 0.6 is 0 Å². The Hall–Kier alpha value is -3.82. The second-order valence-corrected chi connectivity index (χ2v) is 6.25. The van der Waals surface area contributed by atoms with Crippen LogP contribution in [0.15, 0.2) is 61.4 Å². The minimum Gasteiger partial charge on any atom is -0.457 e. The summed E-state index contributed by atoms with van der Waals surface area (Å²) >= 11 is 0. The van der Waals surface area contributed by atoms with Gasteiger partial charge in [0, 0.05) is 31.3 Å². The quantitative estimate of drug-likeness (QED) is 0.506. The van der Waals surface area contributed by atoms with E-state index in [2.05, 4.69) is 30.2 Å². The molecule has 7 nitrogen and oxygen atoms in total. The van der Waals surface area contributed by atoms with Crippen molar-refractivity contribution in [3.05, 3.63) is 72.6 Å². The summed E-state index contributed by atoms with van der Waals surface area (Å²) in [7, 11) is 0.